The molecule has 6 heteroatoms. The van der Waals surface area contributed by atoms with Gasteiger partial charge in [-0.25, -0.2) is 4.98 Å². The molecule has 1 aromatic heterocycles. The van der Waals surface area contributed by atoms with E-state index in [1.54, 1.807) is 44.7 Å². The predicted molar refractivity (Wildman–Crippen MR) is 101 cm³/mol. The number of carbonyl (C=O) groups excluding carboxylic acids is 1. The zero-order chi connectivity index (χ0) is 18.4. The van der Waals surface area contributed by atoms with Gasteiger partial charge in [0.05, 0.1) is 25.5 Å². The van der Waals surface area contributed by atoms with Crippen LogP contribution in [0.5, 0.6) is 11.5 Å². The summed E-state index contributed by atoms with van der Waals surface area (Å²) >= 11 is 0. The maximum absolute atomic E-state index is 12.7. The molecule has 0 aliphatic heterocycles. The number of amides is 1. The lowest BCUT2D eigenvalue weighted by atomic mass is 10.2. The number of nitrogens with one attached hydrogen (secondary N) is 2. The van der Waals surface area contributed by atoms with E-state index < -0.39 is 0 Å². The van der Waals surface area contributed by atoms with Crippen molar-refractivity contribution in [1.29, 1.82) is 0 Å². The quantitative estimate of drug-likeness (QED) is 0.701. The standard InChI is InChI=1S/C20H19N3O3/c1-25-15-8-5-7-14(13-15)22-19-16(9-6-12-21-19)20(24)23-17-10-3-4-11-18(17)26-2/h3-13H,1-2H3,(H,21,22)(H,23,24). The van der Waals surface area contributed by atoms with Gasteiger partial charge in [-0.15, -0.1) is 0 Å². The maximum Gasteiger partial charge on any atom is 0.259 e. The first kappa shape index (κ1) is 17.3. The van der Waals surface area contributed by atoms with Gasteiger partial charge in [-0.2, -0.15) is 0 Å². The van der Waals surface area contributed by atoms with Gasteiger partial charge in [-0.3, -0.25) is 4.79 Å². The molecule has 0 unspecified atom stereocenters. The van der Waals surface area contributed by atoms with Gasteiger partial charge in [0, 0.05) is 18.0 Å². The van der Waals surface area contributed by atoms with E-state index in [2.05, 4.69) is 15.6 Å². The zero-order valence-corrected chi connectivity index (χ0v) is 14.5. The first-order valence-corrected chi connectivity index (χ1v) is 8.01. The Morgan fingerprint density at radius 2 is 1.81 bits per heavy atom. The Morgan fingerprint density at radius 3 is 2.62 bits per heavy atom. The molecule has 1 heterocycles. The number of carbonyl (C=O) groups is 1. The van der Waals surface area contributed by atoms with Crippen LogP contribution in [0.25, 0.3) is 0 Å². The Hall–Kier alpha value is -3.54. The van der Waals surface area contributed by atoms with Crippen LogP contribution in [0.1, 0.15) is 10.4 Å². The first-order valence-electron chi connectivity index (χ1n) is 8.01. The van der Waals surface area contributed by atoms with Gasteiger partial charge < -0.3 is 20.1 Å². The Kier molecular flexibility index (Phi) is 5.34. The highest BCUT2D eigenvalue weighted by Gasteiger charge is 2.14. The van der Waals surface area contributed by atoms with Crippen molar-refractivity contribution in [2.75, 3.05) is 24.9 Å². The number of aromatic nitrogens is 1. The number of rotatable bonds is 6. The monoisotopic (exact) mass is 349 g/mol. The average molecular weight is 349 g/mol. The third kappa shape index (κ3) is 3.92. The van der Waals surface area contributed by atoms with Crippen LogP contribution in [0.4, 0.5) is 17.2 Å². The fourth-order valence-corrected chi connectivity index (χ4v) is 2.46. The lowest BCUT2D eigenvalue weighted by Crippen LogP contribution is -2.15. The number of benzene rings is 2. The van der Waals surface area contributed by atoms with Crippen molar-refractivity contribution in [1.82, 2.24) is 4.98 Å². The van der Waals surface area contributed by atoms with Crippen molar-refractivity contribution in [3.63, 3.8) is 0 Å². The molecule has 132 valence electrons. The summed E-state index contributed by atoms with van der Waals surface area (Å²) < 4.78 is 10.5. The summed E-state index contributed by atoms with van der Waals surface area (Å²) in [5.41, 5.74) is 1.78. The third-order valence-corrected chi connectivity index (χ3v) is 3.74. The number of pyridine rings is 1. The second kappa shape index (κ2) is 8.02. The molecular weight excluding hydrogens is 330 g/mol. The van der Waals surface area contributed by atoms with Gasteiger partial charge in [-0.05, 0) is 36.4 Å². The molecule has 0 aliphatic carbocycles. The number of ether oxygens (including phenoxy) is 2. The Bertz CT molecular complexity index is 912. The van der Waals surface area contributed by atoms with Crippen molar-refractivity contribution < 1.29 is 14.3 Å². The van der Waals surface area contributed by atoms with Crippen LogP contribution in [-0.4, -0.2) is 25.1 Å². The Labute approximate surface area is 151 Å². The van der Waals surface area contributed by atoms with Crippen LogP contribution in [-0.2, 0) is 0 Å². The Morgan fingerprint density at radius 1 is 0.962 bits per heavy atom. The molecule has 6 nitrogen and oxygen atoms in total. The van der Waals surface area contributed by atoms with Crippen LogP contribution in [0.15, 0.2) is 66.9 Å². The van der Waals surface area contributed by atoms with Crippen LogP contribution < -0.4 is 20.1 Å². The molecule has 26 heavy (non-hydrogen) atoms. The van der Waals surface area contributed by atoms with Crippen LogP contribution in [0.3, 0.4) is 0 Å². The minimum Gasteiger partial charge on any atom is -0.497 e. The van der Waals surface area contributed by atoms with E-state index in [1.165, 1.54) is 0 Å². The summed E-state index contributed by atoms with van der Waals surface area (Å²) in [6.07, 6.45) is 1.63. The second-order valence-electron chi connectivity index (χ2n) is 5.41. The van der Waals surface area contributed by atoms with Crippen molar-refractivity contribution in [2.24, 2.45) is 0 Å². The average Bonchev–Trinajstić information content (AvgIpc) is 2.69. The molecule has 0 saturated heterocycles. The highest BCUT2D eigenvalue weighted by molar-refractivity contribution is 6.08. The number of methoxy groups -OCH3 is 2. The molecule has 0 aliphatic rings. The van der Waals surface area contributed by atoms with Gasteiger partial charge in [0.15, 0.2) is 0 Å². The minimum absolute atomic E-state index is 0.284. The molecule has 3 aromatic rings. The smallest absolute Gasteiger partial charge is 0.259 e. The number of hydrogen-bond acceptors (Lipinski definition) is 5. The van der Waals surface area contributed by atoms with Crippen LogP contribution in [0.2, 0.25) is 0 Å². The fraction of sp³-hybridized carbons (Fsp3) is 0.100. The molecule has 2 N–H and O–H groups in total. The van der Waals surface area contributed by atoms with E-state index in [1.807, 2.05) is 36.4 Å². The zero-order valence-electron chi connectivity index (χ0n) is 14.5. The highest BCUT2D eigenvalue weighted by Crippen LogP contribution is 2.26. The lowest BCUT2D eigenvalue weighted by Gasteiger charge is -2.13. The molecule has 0 spiro atoms. The normalized spacial score (nSPS) is 10.1. The number of nitrogens with zero attached hydrogens (tertiary/aromatic N) is 1. The van der Waals surface area contributed by atoms with E-state index in [9.17, 15) is 4.79 Å². The van der Waals surface area contributed by atoms with E-state index >= 15 is 0 Å². The van der Waals surface area contributed by atoms with Gasteiger partial charge >= 0.3 is 0 Å². The summed E-state index contributed by atoms with van der Waals surface area (Å²) in [6.45, 7) is 0. The number of para-hydroxylation sites is 2. The molecule has 2 aromatic carbocycles. The predicted octanol–water partition coefficient (Wildman–Crippen LogP) is 4.09. The van der Waals surface area contributed by atoms with Crippen LogP contribution >= 0.6 is 0 Å². The summed E-state index contributed by atoms with van der Waals surface area (Å²) in [7, 11) is 3.16. The van der Waals surface area contributed by atoms with Crippen molar-refractivity contribution in [3.8, 4) is 11.5 Å². The first-order chi connectivity index (χ1) is 12.7. The van der Waals surface area contributed by atoms with Gasteiger partial charge in [-0.1, -0.05) is 18.2 Å². The molecule has 0 fully saturated rings. The molecule has 0 saturated carbocycles. The molecular formula is C20H19N3O3. The molecule has 1 amide bonds. The van der Waals surface area contributed by atoms with E-state index in [0.29, 0.717) is 28.6 Å². The maximum atomic E-state index is 12.7. The lowest BCUT2D eigenvalue weighted by molar-refractivity contribution is 0.102. The molecule has 0 atom stereocenters. The topological polar surface area (TPSA) is 72.5 Å². The second-order valence-corrected chi connectivity index (χ2v) is 5.41. The van der Waals surface area contributed by atoms with Crippen molar-refractivity contribution >= 4 is 23.1 Å². The highest BCUT2D eigenvalue weighted by atomic mass is 16.5. The molecule has 3 rings (SSSR count). The molecule has 0 bridgehead atoms. The summed E-state index contributed by atoms with van der Waals surface area (Å²) in [6, 6.07) is 18.1. The number of anilines is 3. The summed E-state index contributed by atoms with van der Waals surface area (Å²) in [5.74, 6) is 1.47. The van der Waals surface area contributed by atoms with E-state index in [-0.39, 0.29) is 5.91 Å². The van der Waals surface area contributed by atoms with E-state index in [0.717, 1.165) is 5.69 Å². The summed E-state index contributed by atoms with van der Waals surface area (Å²) in [5, 5.41) is 6.02. The largest absolute Gasteiger partial charge is 0.497 e. The van der Waals surface area contributed by atoms with Gasteiger partial charge in [0.25, 0.3) is 5.91 Å². The third-order valence-electron chi connectivity index (χ3n) is 3.74. The fourth-order valence-electron chi connectivity index (χ4n) is 2.46. The van der Waals surface area contributed by atoms with Gasteiger partial charge in [0.1, 0.15) is 17.3 Å². The Balaban J connectivity index is 1.85. The van der Waals surface area contributed by atoms with Gasteiger partial charge in [0.2, 0.25) is 0 Å². The number of hydrogen-bond donors (Lipinski definition) is 2. The van der Waals surface area contributed by atoms with Crippen LogP contribution in [0, 0.1) is 0 Å². The minimum atomic E-state index is -0.284. The summed E-state index contributed by atoms with van der Waals surface area (Å²) in [4.78, 5) is 17.0. The molecule has 0 radical (unpaired) electrons. The van der Waals surface area contributed by atoms with E-state index in [4.69, 9.17) is 9.47 Å². The van der Waals surface area contributed by atoms with Crippen molar-refractivity contribution in [3.05, 3.63) is 72.4 Å². The van der Waals surface area contributed by atoms with Crippen molar-refractivity contribution in [2.45, 2.75) is 0 Å². The SMILES string of the molecule is COc1cccc(Nc2ncccc2C(=O)Nc2ccccc2OC)c1.